The van der Waals surface area contributed by atoms with Crippen LogP contribution in [0, 0.1) is 0 Å². The van der Waals surface area contributed by atoms with Crippen LogP contribution in [0.1, 0.15) is 23.7 Å². The number of hydrogen-bond donors (Lipinski definition) is 0. The lowest BCUT2D eigenvalue weighted by molar-refractivity contribution is 0.0765. The summed E-state index contributed by atoms with van der Waals surface area (Å²) in [5.74, 6) is -0.145. The second-order valence-corrected chi connectivity index (χ2v) is 4.65. The van der Waals surface area contributed by atoms with Crippen LogP contribution in [0.2, 0.25) is 10.0 Å². The third-order valence-electron chi connectivity index (χ3n) is 2.14. The molecule has 0 radical (unpaired) electrons. The summed E-state index contributed by atoms with van der Waals surface area (Å²) in [6.07, 6.45) is 0.752. The van der Waals surface area contributed by atoms with Gasteiger partial charge in [-0.3, -0.25) is 4.79 Å². The van der Waals surface area contributed by atoms with Crippen LogP contribution in [-0.4, -0.2) is 19.0 Å². The smallest absolute Gasteiger partial charge is 0.189 e. The Morgan fingerprint density at radius 3 is 2.71 bits per heavy atom. The zero-order chi connectivity index (χ0) is 12.8. The first-order valence-electron chi connectivity index (χ1n) is 5.21. The number of Topliss-reactive ketones (excluding diaryl/α,β-unsaturated/α-hetero) is 1. The Hall–Kier alpha value is -0.830. The van der Waals surface area contributed by atoms with E-state index >= 15 is 0 Å². The molecule has 92 valence electrons. The second-order valence-electron chi connectivity index (χ2n) is 3.81. The summed E-state index contributed by atoms with van der Waals surface area (Å²) in [7, 11) is 0. The van der Waals surface area contributed by atoms with Crippen LogP contribution >= 0.6 is 23.2 Å². The summed E-state index contributed by atoms with van der Waals surface area (Å²) < 4.78 is 5.24. The SMILES string of the molecule is C=C(C)CCOCC(=O)c1ccc(Cl)cc1Cl. The van der Waals surface area contributed by atoms with E-state index in [1.54, 1.807) is 18.2 Å². The molecule has 17 heavy (non-hydrogen) atoms. The Kier molecular flexibility index (Phi) is 5.69. The van der Waals surface area contributed by atoms with Crippen molar-refractivity contribution in [1.29, 1.82) is 0 Å². The average molecular weight is 273 g/mol. The van der Waals surface area contributed by atoms with Crippen LogP contribution in [-0.2, 0) is 4.74 Å². The zero-order valence-electron chi connectivity index (χ0n) is 9.63. The van der Waals surface area contributed by atoms with Crippen LogP contribution in [0.15, 0.2) is 30.4 Å². The fraction of sp³-hybridized carbons (Fsp3) is 0.308. The van der Waals surface area contributed by atoms with Crippen molar-refractivity contribution in [3.8, 4) is 0 Å². The lowest BCUT2D eigenvalue weighted by atomic mass is 10.1. The van der Waals surface area contributed by atoms with E-state index in [2.05, 4.69) is 6.58 Å². The first-order valence-corrected chi connectivity index (χ1v) is 5.96. The van der Waals surface area contributed by atoms with Crippen LogP contribution in [0.5, 0.6) is 0 Å². The number of benzene rings is 1. The molecule has 0 spiro atoms. The van der Waals surface area contributed by atoms with Gasteiger partial charge in [0.05, 0.1) is 11.6 Å². The van der Waals surface area contributed by atoms with Crippen LogP contribution in [0.4, 0.5) is 0 Å². The molecule has 0 saturated carbocycles. The van der Waals surface area contributed by atoms with Gasteiger partial charge in [0.15, 0.2) is 5.78 Å². The average Bonchev–Trinajstić information content (AvgIpc) is 2.23. The minimum atomic E-state index is -0.145. The Labute approximate surface area is 111 Å². The molecule has 2 nitrogen and oxygen atoms in total. The maximum atomic E-state index is 11.7. The van der Waals surface area contributed by atoms with Gasteiger partial charge in [-0.2, -0.15) is 0 Å². The van der Waals surface area contributed by atoms with Gasteiger partial charge in [0.25, 0.3) is 0 Å². The Morgan fingerprint density at radius 2 is 2.12 bits per heavy atom. The summed E-state index contributed by atoms with van der Waals surface area (Å²) in [5.41, 5.74) is 1.47. The molecule has 1 aromatic rings. The zero-order valence-corrected chi connectivity index (χ0v) is 11.1. The molecule has 0 aliphatic carbocycles. The van der Waals surface area contributed by atoms with Crippen molar-refractivity contribution in [1.82, 2.24) is 0 Å². The standard InChI is InChI=1S/C13H14Cl2O2/c1-9(2)5-6-17-8-13(16)11-4-3-10(14)7-12(11)15/h3-4,7H,1,5-6,8H2,2H3. The lowest BCUT2D eigenvalue weighted by Gasteiger charge is -2.05. The molecule has 0 fully saturated rings. The number of rotatable bonds is 6. The van der Waals surface area contributed by atoms with E-state index in [9.17, 15) is 4.79 Å². The molecule has 0 N–H and O–H groups in total. The van der Waals surface area contributed by atoms with Gasteiger partial charge >= 0.3 is 0 Å². The monoisotopic (exact) mass is 272 g/mol. The molecule has 0 aromatic heterocycles. The molecule has 0 aliphatic heterocycles. The molecule has 0 amide bonds. The maximum absolute atomic E-state index is 11.7. The summed E-state index contributed by atoms with van der Waals surface area (Å²) >= 11 is 11.7. The van der Waals surface area contributed by atoms with Gasteiger partial charge in [-0.25, -0.2) is 0 Å². The molecule has 0 saturated heterocycles. The van der Waals surface area contributed by atoms with E-state index in [0.29, 0.717) is 22.2 Å². The predicted octanol–water partition coefficient (Wildman–Crippen LogP) is 4.16. The van der Waals surface area contributed by atoms with Gasteiger partial charge in [-0.05, 0) is 31.5 Å². The summed E-state index contributed by atoms with van der Waals surface area (Å²) in [6, 6.07) is 4.79. The molecular formula is C13H14Cl2O2. The van der Waals surface area contributed by atoms with Gasteiger partial charge in [-0.1, -0.05) is 28.8 Å². The molecule has 4 heteroatoms. The molecule has 0 atom stereocenters. The highest BCUT2D eigenvalue weighted by Gasteiger charge is 2.10. The Morgan fingerprint density at radius 1 is 1.41 bits per heavy atom. The number of hydrogen-bond acceptors (Lipinski definition) is 2. The van der Waals surface area contributed by atoms with E-state index in [0.717, 1.165) is 12.0 Å². The van der Waals surface area contributed by atoms with Gasteiger partial charge in [0.1, 0.15) is 6.61 Å². The highest BCUT2D eigenvalue weighted by molar-refractivity contribution is 6.36. The number of ether oxygens (including phenoxy) is 1. The molecule has 1 rings (SSSR count). The molecule has 0 unspecified atom stereocenters. The van der Waals surface area contributed by atoms with Crippen molar-refractivity contribution >= 4 is 29.0 Å². The predicted molar refractivity (Wildman–Crippen MR) is 71.0 cm³/mol. The number of ketones is 1. The van der Waals surface area contributed by atoms with Crippen molar-refractivity contribution in [2.45, 2.75) is 13.3 Å². The van der Waals surface area contributed by atoms with Crippen LogP contribution in [0.3, 0.4) is 0 Å². The molecular weight excluding hydrogens is 259 g/mol. The molecule has 0 aliphatic rings. The third-order valence-corrected chi connectivity index (χ3v) is 2.69. The van der Waals surface area contributed by atoms with Gasteiger partial charge < -0.3 is 4.74 Å². The van der Waals surface area contributed by atoms with Crippen molar-refractivity contribution < 1.29 is 9.53 Å². The summed E-state index contributed by atoms with van der Waals surface area (Å²) in [5, 5.41) is 0.862. The van der Waals surface area contributed by atoms with E-state index in [4.69, 9.17) is 27.9 Å². The fourth-order valence-corrected chi connectivity index (χ4v) is 1.72. The topological polar surface area (TPSA) is 26.3 Å². The quantitative estimate of drug-likeness (QED) is 0.442. The summed E-state index contributed by atoms with van der Waals surface area (Å²) in [4.78, 5) is 11.7. The summed E-state index contributed by atoms with van der Waals surface area (Å²) in [6.45, 7) is 6.19. The molecule has 0 heterocycles. The number of carbonyl (C=O) groups excluding carboxylic acids is 1. The van der Waals surface area contributed by atoms with Crippen LogP contribution < -0.4 is 0 Å². The van der Waals surface area contributed by atoms with E-state index in [1.807, 2.05) is 6.92 Å². The van der Waals surface area contributed by atoms with Gasteiger partial charge in [-0.15, -0.1) is 6.58 Å². The van der Waals surface area contributed by atoms with Crippen molar-refractivity contribution in [2.75, 3.05) is 13.2 Å². The number of halogens is 2. The molecule has 1 aromatic carbocycles. The minimum absolute atomic E-state index is 0.0225. The number of carbonyl (C=O) groups is 1. The van der Waals surface area contributed by atoms with Gasteiger partial charge in [0, 0.05) is 10.6 Å². The first kappa shape index (κ1) is 14.2. The van der Waals surface area contributed by atoms with E-state index in [-0.39, 0.29) is 12.4 Å². The first-order chi connectivity index (χ1) is 8.00. The maximum Gasteiger partial charge on any atom is 0.189 e. The minimum Gasteiger partial charge on any atom is -0.373 e. The van der Waals surface area contributed by atoms with E-state index in [1.165, 1.54) is 0 Å². The second kappa shape index (κ2) is 6.80. The van der Waals surface area contributed by atoms with Crippen molar-refractivity contribution in [2.24, 2.45) is 0 Å². The highest BCUT2D eigenvalue weighted by atomic mass is 35.5. The fourth-order valence-electron chi connectivity index (χ4n) is 1.20. The Bertz CT molecular complexity index is 427. The largest absolute Gasteiger partial charge is 0.373 e. The van der Waals surface area contributed by atoms with Gasteiger partial charge in [0.2, 0.25) is 0 Å². The normalized spacial score (nSPS) is 10.3. The van der Waals surface area contributed by atoms with E-state index < -0.39 is 0 Å². The van der Waals surface area contributed by atoms with Crippen LogP contribution in [0.25, 0.3) is 0 Å². The molecule has 0 bridgehead atoms. The van der Waals surface area contributed by atoms with Crippen molar-refractivity contribution in [3.05, 3.63) is 46.0 Å². The highest BCUT2D eigenvalue weighted by Crippen LogP contribution is 2.21. The lowest BCUT2D eigenvalue weighted by Crippen LogP contribution is -2.10. The van der Waals surface area contributed by atoms with Crippen molar-refractivity contribution in [3.63, 3.8) is 0 Å². The third kappa shape index (κ3) is 4.90. The Balaban J connectivity index is 2.50.